The number of hydrogen-bond donors (Lipinski definition) is 0. The number of benzene rings is 2. The highest BCUT2D eigenvalue weighted by Crippen LogP contribution is 2.35. The summed E-state index contributed by atoms with van der Waals surface area (Å²) in [6.07, 6.45) is -0.280. The van der Waals surface area contributed by atoms with E-state index >= 15 is 0 Å². The minimum Gasteiger partial charge on any atom is -0.497 e. The molecule has 1 atom stereocenters. The average Bonchev–Trinajstić information content (AvgIpc) is 2.61. The molecule has 6 heteroatoms. The molecule has 5 nitrogen and oxygen atoms in total. The summed E-state index contributed by atoms with van der Waals surface area (Å²) < 4.78 is 39.6. The minimum atomic E-state index is -3.67. The van der Waals surface area contributed by atoms with Gasteiger partial charge in [0.25, 0.3) is 0 Å². The summed E-state index contributed by atoms with van der Waals surface area (Å²) in [7, 11) is -2.10. The van der Waals surface area contributed by atoms with Crippen molar-refractivity contribution in [2.24, 2.45) is 0 Å². The van der Waals surface area contributed by atoms with Gasteiger partial charge in [0.1, 0.15) is 5.75 Å². The Morgan fingerprint density at radius 1 is 1.15 bits per heavy atom. The molecule has 2 aromatic rings. The van der Waals surface area contributed by atoms with E-state index in [4.69, 9.17) is 9.47 Å². The van der Waals surface area contributed by atoms with Crippen LogP contribution in [-0.2, 0) is 14.8 Å². The summed E-state index contributed by atoms with van der Waals surface area (Å²) in [6, 6.07) is 14.8. The van der Waals surface area contributed by atoms with Crippen LogP contribution in [0.5, 0.6) is 5.75 Å². The Morgan fingerprint density at radius 3 is 2.46 bits per heavy atom. The molecule has 1 fully saturated rings. The van der Waals surface area contributed by atoms with Gasteiger partial charge in [0.2, 0.25) is 10.0 Å². The number of morpholine rings is 1. The van der Waals surface area contributed by atoms with E-state index in [1.54, 1.807) is 36.5 Å². The Bertz CT molecular complexity index is 878. The maximum Gasteiger partial charge on any atom is 0.244 e. The molecule has 2 aromatic carbocycles. The zero-order chi connectivity index (χ0) is 18.9. The first kappa shape index (κ1) is 18.9. The summed E-state index contributed by atoms with van der Waals surface area (Å²) in [6.45, 7) is 6.19. The molecule has 0 bridgehead atoms. The quantitative estimate of drug-likeness (QED) is 0.820. The topological polar surface area (TPSA) is 55.8 Å². The monoisotopic (exact) mass is 375 g/mol. The van der Waals surface area contributed by atoms with Crippen molar-refractivity contribution in [1.82, 2.24) is 4.31 Å². The molecule has 3 rings (SSSR count). The summed E-state index contributed by atoms with van der Waals surface area (Å²) in [5.41, 5.74) is 1.02. The fourth-order valence-corrected chi connectivity index (χ4v) is 5.26. The molecule has 0 N–H and O–H groups in total. The molecule has 140 valence electrons. The van der Waals surface area contributed by atoms with Crippen molar-refractivity contribution in [1.29, 1.82) is 0 Å². The highest BCUT2D eigenvalue weighted by Gasteiger charge is 2.43. The largest absolute Gasteiger partial charge is 0.497 e. The number of aryl methyl sites for hydroxylation is 1. The molecule has 26 heavy (non-hydrogen) atoms. The van der Waals surface area contributed by atoms with E-state index in [2.05, 4.69) is 0 Å². The number of rotatable bonds is 4. The molecule has 0 radical (unpaired) electrons. The van der Waals surface area contributed by atoms with Gasteiger partial charge in [-0.3, -0.25) is 0 Å². The van der Waals surface area contributed by atoms with Gasteiger partial charge in [-0.2, -0.15) is 4.31 Å². The molecule has 0 aliphatic carbocycles. The lowest BCUT2D eigenvalue weighted by atomic mass is 10.0. The first-order valence-electron chi connectivity index (χ1n) is 8.60. The van der Waals surface area contributed by atoms with Crippen molar-refractivity contribution < 1.29 is 17.9 Å². The van der Waals surface area contributed by atoms with Crippen LogP contribution in [0.25, 0.3) is 0 Å². The molecule has 1 heterocycles. The van der Waals surface area contributed by atoms with Gasteiger partial charge in [-0.1, -0.05) is 30.3 Å². The van der Waals surface area contributed by atoms with Crippen molar-refractivity contribution in [3.05, 3.63) is 59.7 Å². The van der Waals surface area contributed by atoms with Gasteiger partial charge >= 0.3 is 0 Å². The van der Waals surface area contributed by atoms with Gasteiger partial charge in [0.15, 0.2) is 0 Å². The minimum absolute atomic E-state index is 0.280. The first-order valence-corrected chi connectivity index (χ1v) is 10.0. The lowest BCUT2D eigenvalue weighted by Crippen LogP contribution is -2.56. The maximum absolute atomic E-state index is 13.4. The van der Waals surface area contributed by atoms with Crippen LogP contribution in [0.1, 0.15) is 31.1 Å². The molecule has 0 saturated carbocycles. The van der Waals surface area contributed by atoms with Gasteiger partial charge in [-0.05, 0) is 50.1 Å². The van der Waals surface area contributed by atoms with E-state index in [1.807, 2.05) is 44.2 Å². The number of ether oxygens (including phenoxy) is 2. The Hall–Kier alpha value is -1.89. The van der Waals surface area contributed by atoms with E-state index in [1.165, 1.54) is 0 Å². The Labute approximate surface area is 155 Å². The summed E-state index contributed by atoms with van der Waals surface area (Å²) >= 11 is 0. The number of methoxy groups -OCH3 is 1. The van der Waals surface area contributed by atoms with Crippen LogP contribution in [0.2, 0.25) is 0 Å². The first-order chi connectivity index (χ1) is 12.3. The van der Waals surface area contributed by atoms with Crippen LogP contribution in [0, 0.1) is 6.92 Å². The summed E-state index contributed by atoms with van der Waals surface area (Å²) in [4.78, 5) is 0.306. The summed E-state index contributed by atoms with van der Waals surface area (Å²) in [5, 5.41) is 0. The van der Waals surface area contributed by atoms with Crippen LogP contribution in [-0.4, -0.2) is 38.5 Å². The molecule has 1 unspecified atom stereocenters. The zero-order valence-corrected chi connectivity index (χ0v) is 16.4. The predicted molar refractivity (Wildman–Crippen MR) is 101 cm³/mol. The molecule has 1 saturated heterocycles. The number of sulfonamides is 1. The second-order valence-corrected chi connectivity index (χ2v) is 9.02. The SMILES string of the molecule is COc1ccc(S(=O)(=O)N2CC(c3ccccc3)OCC2(C)C)c(C)c1. The second-order valence-electron chi connectivity index (χ2n) is 7.19. The molecule has 0 aromatic heterocycles. The van der Waals surface area contributed by atoms with E-state index < -0.39 is 15.6 Å². The van der Waals surface area contributed by atoms with Crippen molar-refractivity contribution in [3.63, 3.8) is 0 Å². The van der Waals surface area contributed by atoms with E-state index in [0.29, 0.717) is 22.8 Å². The normalized spacial score (nSPS) is 20.7. The Kier molecular flexibility index (Phi) is 5.10. The number of hydrogen-bond acceptors (Lipinski definition) is 4. The van der Waals surface area contributed by atoms with Gasteiger partial charge in [0.05, 0.1) is 30.3 Å². The molecular weight excluding hydrogens is 350 g/mol. The molecule has 0 spiro atoms. The van der Waals surface area contributed by atoms with E-state index in [9.17, 15) is 8.42 Å². The molecular formula is C20H25NO4S. The third-order valence-electron chi connectivity index (χ3n) is 4.77. The van der Waals surface area contributed by atoms with Crippen molar-refractivity contribution >= 4 is 10.0 Å². The standard InChI is InChI=1S/C20H25NO4S/c1-15-12-17(24-4)10-11-19(15)26(22,23)21-13-18(25-14-20(21,2)3)16-8-6-5-7-9-16/h5-12,18H,13-14H2,1-4H3. The zero-order valence-electron chi connectivity index (χ0n) is 15.6. The van der Waals surface area contributed by atoms with Crippen LogP contribution in [0.4, 0.5) is 0 Å². The predicted octanol–water partition coefficient (Wildman–Crippen LogP) is 3.54. The van der Waals surface area contributed by atoms with Crippen LogP contribution >= 0.6 is 0 Å². The Balaban J connectivity index is 1.98. The van der Waals surface area contributed by atoms with Gasteiger partial charge in [-0.15, -0.1) is 0 Å². The Morgan fingerprint density at radius 2 is 1.85 bits per heavy atom. The summed E-state index contributed by atoms with van der Waals surface area (Å²) in [5.74, 6) is 0.643. The third kappa shape index (κ3) is 3.49. The maximum atomic E-state index is 13.4. The van der Waals surface area contributed by atoms with Crippen molar-refractivity contribution in [3.8, 4) is 5.75 Å². The molecule has 1 aliphatic rings. The van der Waals surface area contributed by atoms with E-state index in [-0.39, 0.29) is 12.6 Å². The fourth-order valence-electron chi connectivity index (χ4n) is 3.28. The van der Waals surface area contributed by atoms with Gasteiger partial charge < -0.3 is 9.47 Å². The van der Waals surface area contributed by atoms with Crippen LogP contribution in [0.15, 0.2) is 53.4 Å². The van der Waals surface area contributed by atoms with E-state index in [0.717, 1.165) is 5.56 Å². The smallest absolute Gasteiger partial charge is 0.244 e. The lowest BCUT2D eigenvalue weighted by molar-refractivity contribution is -0.0655. The van der Waals surface area contributed by atoms with Crippen LogP contribution < -0.4 is 4.74 Å². The third-order valence-corrected chi connectivity index (χ3v) is 7.00. The lowest BCUT2D eigenvalue weighted by Gasteiger charge is -2.44. The van der Waals surface area contributed by atoms with Crippen LogP contribution in [0.3, 0.4) is 0 Å². The highest BCUT2D eigenvalue weighted by molar-refractivity contribution is 7.89. The number of nitrogens with zero attached hydrogens (tertiary/aromatic N) is 1. The fraction of sp³-hybridized carbons (Fsp3) is 0.400. The van der Waals surface area contributed by atoms with Gasteiger partial charge in [-0.25, -0.2) is 8.42 Å². The second kappa shape index (κ2) is 7.02. The van der Waals surface area contributed by atoms with Crippen molar-refractivity contribution in [2.75, 3.05) is 20.3 Å². The van der Waals surface area contributed by atoms with Gasteiger partial charge in [0, 0.05) is 6.54 Å². The molecule has 0 amide bonds. The average molecular weight is 375 g/mol. The molecule has 1 aliphatic heterocycles. The highest BCUT2D eigenvalue weighted by atomic mass is 32.2. The van der Waals surface area contributed by atoms with Crippen molar-refractivity contribution in [2.45, 2.75) is 37.3 Å².